The number of nitrogen functional groups attached to an aromatic ring is 1. The Morgan fingerprint density at radius 3 is 3.00 bits per heavy atom. The number of benzene rings is 1. The molecular weight excluding hydrogens is 266 g/mol. The second-order valence-corrected chi connectivity index (χ2v) is 5.99. The predicted molar refractivity (Wildman–Crippen MR) is 83.4 cm³/mol. The van der Waals surface area contributed by atoms with Crippen molar-refractivity contribution in [1.82, 2.24) is 4.90 Å². The third-order valence-electron chi connectivity index (χ3n) is 4.65. The maximum absolute atomic E-state index is 11.5. The first kappa shape index (κ1) is 14.2. The van der Waals surface area contributed by atoms with Crippen LogP contribution in [0.2, 0.25) is 0 Å². The highest BCUT2D eigenvalue weighted by Gasteiger charge is 2.31. The van der Waals surface area contributed by atoms with Gasteiger partial charge in [-0.25, -0.2) is 4.79 Å². The van der Waals surface area contributed by atoms with E-state index in [0.29, 0.717) is 17.3 Å². The van der Waals surface area contributed by atoms with E-state index in [-0.39, 0.29) is 5.97 Å². The topological polar surface area (TPSA) is 67.6 Å². The van der Waals surface area contributed by atoms with Gasteiger partial charge in [-0.2, -0.15) is 0 Å². The molecular formula is C16H23N3O2. The molecule has 3 N–H and O–H groups in total. The van der Waals surface area contributed by atoms with Crippen molar-refractivity contribution < 1.29 is 9.53 Å². The molecule has 2 aliphatic heterocycles. The SMILES string of the molecule is COC(=O)c1ccc(NC2CCN3CCCC3C2)c(N)c1. The van der Waals surface area contributed by atoms with Gasteiger partial charge in [0, 0.05) is 18.6 Å². The van der Waals surface area contributed by atoms with Crippen LogP contribution in [0.15, 0.2) is 18.2 Å². The molecule has 21 heavy (non-hydrogen) atoms. The van der Waals surface area contributed by atoms with Crippen LogP contribution in [0.4, 0.5) is 11.4 Å². The van der Waals surface area contributed by atoms with E-state index in [9.17, 15) is 4.79 Å². The Kier molecular flexibility index (Phi) is 4.01. The number of carbonyl (C=O) groups excluding carboxylic acids is 1. The Bertz CT molecular complexity index is 532. The summed E-state index contributed by atoms with van der Waals surface area (Å²) in [6.07, 6.45) is 4.97. The van der Waals surface area contributed by atoms with Gasteiger partial charge in [0.05, 0.1) is 24.0 Å². The molecule has 114 valence electrons. The molecule has 2 atom stereocenters. The average Bonchev–Trinajstić information content (AvgIpc) is 2.96. The molecule has 0 spiro atoms. The van der Waals surface area contributed by atoms with Gasteiger partial charge in [-0.05, 0) is 50.4 Å². The first-order valence-corrected chi connectivity index (χ1v) is 7.66. The molecule has 3 rings (SSSR count). The number of nitrogens with zero attached hydrogens (tertiary/aromatic N) is 1. The lowest BCUT2D eigenvalue weighted by molar-refractivity contribution is 0.0601. The monoisotopic (exact) mass is 289 g/mol. The zero-order valence-corrected chi connectivity index (χ0v) is 12.5. The van der Waals surface area contributed by atoms with Crippen LogP contribution in [-0.2, 0) is 4.74 Å². The molecule has 0 amide bonds. The molecule has 0 radical (unpaired) electrons. The summed E-state index contributed by atoms with van der Waals surface area (Å²) in [5, 5.41) is 3.54. The van der Waals surface area contributed by atoms with Gasteiger partial charge in [0.15, 0.2) is 0 Å². The minimum absolute atomic E-state index is 0.354. The summed E-state index contributed by atoms with van der Waals surface area (Å²) in [5.41, 5.74) is 8.07. The Morgan fingerprint density at radius 1 is 1.38 bits per heavy atom. The second kappa shape index (κ2) is 5.93. The fraction of sp³-hybridized carbons (Fsp3) is 0.562. The van der Waals surface area contributed by atoms with E-state index in [4.69, 9.17) is 10.5 Å². The largest absolute Gasteiger partial charge is 0.465 e. The van der Waals surface area contributed by atoms with Crippen molar-refractivity contribution in [2.75, 3.05) is 31.2 Å². The number of nitrogens with two attached hydrogens (primary N) is 1. The number of fused-ring (bicyclic) bond motifs is 1. The Morgan fingerprint density at radius 2 is 2.24 bits per heavy atom. The Hall–Kier alpha value is -1.75. The van der Waals surface area contributed by atoms with Crippen LogP contribution >= 0.6 is 0 Å². The van der Waals surface area contributed by atoms with Crippen LogP contribution in [-0.4, -0.2) is 43.2 Å². The first-order valence-electron chi connectivity index (χ1n) is 7.66. The van der Waals surface area contributed by atoms with Gasteiger partial charge in [-0.1, -0.05) is 0 Å². The van der Waals surface area contributed by atoms with Crippen molar-refractivity contribution in [2.45, 2.75) is 37.8 Å². The number of hydrogen-bond donors (Lipinski definition) is 2. The predicted octanol–water partition coefficient (Wildman–Crippen LogP) is 2.09. The average molecular weight is 289 g/mol. The molecule has 5 nitrogen and oxygen atoms in total. The molecule has 2 aliphatic rings. The van der Waals surface area contributed by atoms with E-state index in [1.54, 1.807) is 12.1 Å². The second-order valence-electron chi connectivity index (χ2n) is 5.99. The molecule has 2 saturated heterocycles. The van der Waals surface area contributed by atoms with Crippen molar-refractivity contribution in [3.05, 3.63) is 23.8 Å². The van der Waals surface area contributed by atoms with E-state index in [1.165, 1.54) is 39.5 Å². The van der Waals surface area contributed by atoms with E-state index in [2.05, 4.69) is 10.2 Å². The summed E-state index contributed by atoms with van der Waals surface area (Å²) in [6.45, 7) is 2.43. The van der Waals surface area contributed by atoms with Crippen LogP contribution in [0.1, 0.15) is 36.0 Å². The number of carbonyl (C=O) groups is 1. The van der Waals surface area contributed by atoms with Gasteiger partial charge in [0.1, 0.15) is 0 Å². The van der Waals surface area contributed by atoms with Crippen molar-refractivity contribution in [1.29, 1.82) is 0 Å². The number of anilines is 2. The van der Waals surface area contributed by atoms with Crippen LogP contribution in [0, 0.1) is 0 Å². The lowest BCUT2D eigenvalue weighted by Crippen LogP contribution is -2.42. The summed E-state index contributed by atoms with van der Waals surface area (Å²) in [5.74, 6) is -0.354. The normalized spacial score (nSPS) is 25.4. The molecule has 2 unspecified atom stereocenters. The molecule has 0 aromatic heterocycles. The summed E-state index contributed by atoms with van der Waals surface area (Å²) in [4.78, 5) is 14.1. The number of ether oxygens (including phenoxy) is 1. The van der Waals surface area contributed by atoms with E-state index < -0.39 is 0 Å². The lowest BCUT2D eigenvalue weighted by Gasteiger charge is -2.35. The maximum Gasteiger partial charge on any atom is 0.337 e. The van der Waals surface area contributed by atoms with Gasteiger partial charge >= 0.3 is 5.97 Å². The highest BCUT2D eigenvalue weighted by atomic mass is 16.5. The third kappa shape index (κ3) is 2.97. The van der Waals surface area contributed by atoms with Gasteiger partial charge < -0.3 is 20.7 Å². The summed E-state index contributed by atoms with van der Waals surface area (Å²) < 4.78 is 4.71. The molecule has 5 heteroatoms. The van der Waals surface area contributed by atoms with Crippen LogP contribution in [0.3, 0.4) is 0 Å². The van der Waals surface area contributed by atoms with Crippen molar-refractivity contribution in [3.8, 4) is 0 Å². The van der Waals surface area contributed by atoms with E-state index >= 15 is 0 Å². The van der Waals surface area contributed by atoms with Crippen LogP contribution in [0.25, 0.3) is 0 Å². The highest BCUT2D eigenvalue weighted by Crippen LogP contribution is 2.30. The fourth-order valence-electron chi connectivity index (χ4n) is 3.51. The van der Waals surface area contributed by atoms with Crippen LogP contribution < -0.4 is 11.1 Å². The number of methoxy groups -OCH3 is 1. The number of esters is 1. The summed E-state index contributed by atoms with van der Waals surface area (Å²) >= 11 is 0. The first-order chi connectivity index (χ1) is 10.2. The standard InChI is InChI=1S/C16H23N3O2/c1-21-16(20)11-4-5-15(14(17)9-11)18-12-6-8-19-7-2-3-13(19)10-12/h4-5,9,12-13,18H,2-3,6-8,10,17H2,1H3. The molecule has 0 bridgehead atoms. The molecule has 1 aromatic rings. The van der Waals surface area contributed by atoms with Crippen molar-refractivity contribution in [2.24, 2.45) is 0 Å². The highest BCUT2D eigenvalue weighted by molar-refractivity contribution is 5.91. The van der Waals surface area contributed by atoms with E-state index in [0.717, 1.165) is 18.2 Å². The van der Waals surface area contributed by atoms with Gasteiger partial charge in [0.2, 0.25) is 0 Å². The smallest absolute Gasteiger partial charge is 0.337 e. The number of hydrogen-bond acceptors (Lipinski definition) is 5. The summed E-state index contributed by atoms with van der Waals surface area (Å²) in [6, 6.07) is 6.51. The van der Waals surface area contributed by atoms with Crippen molar-refractivity contribution >= 4 is 17.3 Å². The number of nitrogens with one attached hydrogen (secondary N) is 1. The van der Waals surface area contributed by atoms with E-state index in [1.807, 2.05) is 6.07 Å². The quantitative estimate of drug-likeness (QED) is 0.659. The molecule has 0 aliphatic carbocycles. The Balaban J connectivity index is 1.66. The molecule has 0 saturated carbocycles. The number of rotatable bonds is 3. The maximum atomic E-state index is 11.5. The zero-order valence-electron chi connectivity index (χ0n) is 12.5. The molecule has 2 fully saturated rings. The fourth-order valence-corrected chi connectivity index (χ4v) is 3.51. The van der Waals surface area contributed by atoms with Crippen LogP contribution in [0.5, 0.6) is 0 Å². The molecule has 2 heterocycles. The minimum Gasteiger partial charge on any atom is -0.465 e. The van der Waals surface area contributed by atoms with Gasteiger partial charge in [0.25, 0.3) is 0 Å². The number of piperidine rings is 1. The molecule has 1 aromatic carbocycles. The minimum atomic E-state index is -0.354. The lowest BCUT2D eigenvalue weighted by atomic mass is 9.97. The Labute approximate surface area is 125 Å². The van der Waals surface area contributed by atoms with Crippen molar-refractivity contribution in [3.63, 3.8) is 0 Å². The zero-order chi connectivity index (χ0) is 14.8. The third-order valence-corrected chi connectivity index (χ3v) is 4.65. The van der Waals surface area contributed by atoms with Gasteiger partial charge in [-0.3, -0.25) is 0 Å². The van der Waals surface area contributed by atoms with Gasteiger partial charge in [-0.15, -0.1) is 0 Å². The summed E-state index contributed by atoms with van der Waals surface area (Å²) in [7, 11) is 1.38.